The van der Waals surface area contributed by atoms with Crippen LogP contribution in [-0.4, -0.2) is 10.2 Å². The summed E-state index contributed by atoms with van der Waals surface area (Å²) in [5, 5.41) is 7.73. The lowest BCUT2D eigenvalue weighted by molar-refractivity contribution is 0.346. The normalized spacial score (nSPS) is 16.9. The Bertz CT molecular complexity index is 783. The molecule has 1 heterocycles. The number of aromatic nitrogens is 2. The Balaban J connectivity index is 1.75. The van der Waals surface area contributed by atoms with Gasteiger partial charge in [0.25, 0.3) is 0 Å². The zero-order chi connectivity index (χ0) is 16.4. The molecule has 3 aromatic rings. The minimum absolute atomic E-state index is 0.123. The molecule has 1 aliphatic rings. The molecule has 1 saturated carbocycles. The Morgan fingerprint density at radius 3 is 2.00 bits per heavy atom. The molecule has 0 amide bonds. The van der Waals surface area contributed by atoms with E-state index in [1.54, 1.807) is 0 Å². The predicted molar refractivity (Wildman–Crippen MR) is 99.3 cm³/mol. The lowest BCUT2D eigenvalue weighted by Crippen LogP contribution is -2.30. The molecule has 0 spiro atoms. The van der Waals surface area contributed by atoms with Gasteiger partial charge in [-0.1, -0.05) is 67.3 Å². The van der Waals surface area contributed by atoms with E-state index in [2.05, 4.69) is 46.6 Å². The summed E-state index contributed by atoms with van der Waals surface area (Å²) < 4.78 is 0. The molecule has 122 valence electrons. The molecule has 0 aliphatic heterocycles. The Morgan fingerprint density at radius 1 is 0.792 bits per heavy atom. The quantitative estimate of drug-likeness (QED) is 0.626. The van der Waals surface area contributed by atoms with Crippen LogP contribution in [0.3, 0.4) is 0 Å². The molecule has 2 nitrogen and oxygen atoms in total. The summed E-state index contributed by atoms with van der Waals surface area (Å²) in [7, 11) is 0. The Labute approximate surface area is 147 Å². The Morgan fingerprint density at radius 2 is 1.42 bits per heavy atom. The minimum Gasteiger partial charge on any atom is -0.285 e. The van der Waals surface area contributed by atoms with Gasteiger partial charge in [-0.25, -0.2) is 0 Å². The number of rotatable bonds is 3. The maximum absolute atomic E-state index is 6.11. The van der Waals surface area contributed by atoms with E-state index in [9.17, 15) is 0 Å². The van der Waals surface area contributed by atoms with E-state index in [1.807, 2.05) is 24.5 Å². The van der Waals surface area contributed by atoms with Crippen molar-refractivity contribution in [3.05, 3.63) is 77.1 Å². The smallest absolute Gasteiger partial charge is 0.0565 e. The second-order valence-corrected chi connectivity index (χ2v) is 7.15. The molecule has 1 fully saturated rings. The lowest BCUT2D eigenvalue weighted by Gasteiger charge is -2.38. The van der Waals surface area contributed by atoms with Crippen LogP contribution in [0.5, 0.6) is 0 Å². The SMILES string of the molecule is Clc1ccc(C2(c3ccc(-c4cn[nH]c4)cc3)CCCCC2)cc1. The molecule has 24 heavy (non-hydrogen) atoms. The third-order valence-corrected chi connectivity index (χ3v) is 5.62. The number of H-pyrrole nitrogens is 1. The van der Waals surface area contributed by atoms with Crippen molar-refractivity contribution in [1.29, 1.82) is 0 Å². The van der Waals surface area contributed by atoms with E-state index < -0.39 is 0 Å². The van der Waals surface area contributed by atoms with Gasteiger partial charge < -0.3 is 0 Å². The third-order valence-electron chi connectivity index (χ3n) is 5.37. The van der Waals surface area contributed by atoms with Gasteiger partial charge in [0.15, 0.2) is 0 Å². The van der Waals surface area contributed by atoms with Crippen molar-refractivity contribution in [2.24, 2.45) is 0 Å². The number of hydrogen-bond donors (Lipinski definition) is 1. The average Bonchev–Trinajstić information content (AvgIpc) is 3.18. The van der Waals surface area contributed by atoms with Crippen LogP contribution in [0.15, 0.2) is 60.9 Å². The summed E-state index contributed by atoms with van der Waals surface area (Å²) in [6.07, 6.45) is 10.1. The first-order valence-corrected chi connectivity index (χ1v) is 9.01. The molecule has 0 radical (unpaired) electrons. The third kappa shape index (κ3) is 2.76. The van der Waals surface area contributed by atoms with Crippen molar-refractivity contribution in [3.8, 4) is 11.1 Å². The second-order valence-electron chi connectivity index (χ2n) is 6.71. The monoisotopic (exact) mass is 336 g/mol. The van der Waals surface area contributed by atoms with Gasteiger partial charge >= 0.3 is 0 Å². The summed E-state index contributed by atoms with van der Waals surface area (Å²) in [5.41, 5.74) is 5.26. The van der Waals surface area contributed by atoms with Crippen molar-refractivity contribution in [2.45, 2.75) is 37.5 Å². The average molecular weight is 337 g/mol. The number of nitrogens with one attached hydrogen (secondary N) is 1. The maximum Gasteiger partial charge on any atom is 0.0565 e. The number of benzene rings is 2. The molecular weight excluding hydrogens is 316 g/mol. The van der Waals surface area contributed by atoms with Crippen LogP contribution in [0.2, 0.25) is 5.02 Å². The lowest BCUT2D eigenvalue weighted by atomic mass is 9.65. The van der Waals surface area contributed by atoms with Gasteiger partial charge in [-0.3, -0.25) is 5.10 Å². The minimum atomic E-state index is 0.123. The van der Waals surface area contributed by atoms with Crippen molar-refractivity contribution in [2.75, 3.05) is 0 Å². The van der Waals surface area contributed by atoms with Gasteiger partial charge in [0, 0.05) is 22.2 Å². The van der Waals surface area contributed by atoms with Crippen LogP contribution < -0.4 is 0 Å². The van der Waals surface area contributed by atoms with Gasteiger partial charge in [-0.05, 0) is 41.7 Å². The fourth-order valence-corrected chi connectivity index (χ4v) is 4.18. The highest BCUT2D eigenvalue weighted by atomic mass is 35.5. The molecule has 4 rings (SSSR count). The van der Waals surface area contributed by atoms with Crippen molar-refractivity contribution in [3.63, 3.8) is 0 Å². The molecule has 0 saturated heterocycles. The molecule has 3 heteroatoms. The molecule has 1 aliphatic carbocycles. The van der Waals surface area contributed by atoms with Gasteiger partial charge in [-0.15, -0.1) is 0 Å². The van der Waals surface area contributed by atoms with E-state index in [-0.39, 0.29) is 5.41 Å². The molecule has 1 aromatic heterocycles. The Hall–Kier alpha value is -2.06. The highest BCUT2D eigenvalue weighted by molar-refractivity contribution is 6.30. The van der Waals surface area contributed by atoms with Crippen LogP contribution in [0, 0.1) is 0 Å². The summed E-state index contributed by atoms with van der Waals surface area (Å²) in [5.74, 6) is 0. The summed E-state index contributed by atoms with van der Waals surface area (Å²) in [6, 6.07) is 17.5. The number of nitrogens with zero attached hydrogens (tertiary/aromatic N) is 1. The topological polar surface area (TPSA) is 28.7 Å². The van der Waals surface area contributed by atoms with Crippen LogP contribution in [0.1, 0.15) is 43.2 Å². The zero-order valence-corrected chi connectivity index (χ0v) is 14.4. The predicted octanol–water partition coefficient (Wildman–Crippen LogP) is 5.98. The molecule has 0 bridgehead atoms. The first-order valence-electron chi connectivity index (χ1n) is 8.64. The maximum atomic E-state index is 6.11. The molecule has 2 aromatic carbocycles. The van der Waals surface area contributed by atoms with E-state index in [0.29, 0.717) is 0 Å². The number of halogens is 1. The molecular formula is C21H21ClN2. The van der Waals surface area contributed by atoms with Crippen LogP contribution >= 0.6 is 11.6 Å². The van der Waals surface area contributed by atoms with Crippen LogP contribution in [0.25, 0.3) is 11.1 Å². The van der Waals surface area contributed by atoms with Crippen molar-refractivity contribution < 1.29 is 0 Å². The first-order chi connectivity index (χ1) is 11.8. The standard InChI is InChI=1S/C21H21ClN2/c22-20-10-8-19(9-11-20)21(12-2-1-3-13-21)18-6-4-16(5-7-18)17-14-23-24-15-17/h4-11,14-15H,1-3,12-13H2,(H,23,24). The van der Waals surface area contributed by atoms with Crippen molar-refractivity contribution in [1.82, 2.24) is 10.2 Å². The molecule has 0 unspecified atom stereocenters. The largest absolute Gasteiger partial charge is 0.285 e. The summed E-state index contributed by atoms with van der Waals surface area (Å²) in [6.45, 7) is 0. The summed E-state index contributed by atoms with van der Waals surface area (Å²) in [4.78, 5) is 0. The van der Waals surface area contributed by atoms with Crippen LogP contribution in [0.4, 0.5) is 0 Å². The second kappa shape index (κ2) is 6.45. The van der Waals surface area contributed by atoms with E-state index in [4.69, 9.17) is 11.6 Å². The van der Waals surface area contributed by atoms with E-state index in [0.717, 1.165) is 10.6 Å². The zero-order valence-electron chi connectivity index (χ0n) is 13.6. The van der Waals surface area contributed by atoms with Gasteiger partial charge in [-0.2, -0.15) is 5.10 Å². The van der Waals surface area contributed by atoms with Crippen molar-refractivity contribution >= 4 is 11.6 Å². The van der Waals surface area contributed by atoms with E-state index in [1.165, 1.54) is 48.8 Å². The van der Waals surface area contributed by atoms with Gasteiger partial charge in [0.1, 0.15) is 0 Å². The fourth-order valence-electron chi connectivity index (χ4n) is 4.06. The molecule has 1 N–H and O–H groups in total. The highest BCUT2D eigenvalue weighted by Gasteiger charge is 2.35. The number of aromatic amines is 1. The van der Waals surface area contributed by atoms with E-state index >= 15 is 0 Å². The molecule has 0 atom stereocenters. The number of hydrogen-bond acceptors (Lipinski definition) is 1. The summed E-state index contributed by atoms with van der Waals surface area (Å²) >= 11 is 6.11. The first kappa shape index (κ1) is 15.5. The highest BCUT2D eigenvalue weighted by Crippen LogP contribution is 2.45. The Kier molecular flexibility index (Phi) is 4.15. The van der Waals surface area contributed by atoms with Gasteiger partial charge in [0.2, 0.25) is 0 Å². The van der Waals surface area contributed by atoms with Crippen LogP contribution in [-0.2, 0) is 5.41 Å². The fraction of sp³-hybridized carbons (Fsp3) is 0.286. The van der Waals surface area contributed by atoms with Gasteiger partial charge in [0.05, 0.1) is 6.20 Å².